The second-order valence-electron chi connectivity index (χ2n) is 14.1. The van der Waals surface area contributed by atoms with Crippen LogP contribution in [0.5, 0.6) is 0 Å². The molecule has 52 heavy (non-hydrogen) atoms. The largest absolute Gasteiger partial charge is 0.444 e. The molecule has 2 saturated heterocycles. The van der Waals surface area contributed by atoms with Crippen LogP contribution < -0.4 is 11.1 Å². The molecular formula is C37H44F2N6O7. The molecule has 2 aromatic carbocycles. The van der Waals surface area contributed by atoms with Crippen molar-refractivity contribution in [3.8, 4) is 6.07 Å². The van der Waals surface area contributed by atoms with Crippen molar-refractivity contribution in [1.29, 1.82) is 5.26 Å². The molecule has 0 saturated carbocycles. The summed E-state index contributed by atoms with van der Waals surface area (Å²) in [5, 5.41) is 11.4. The Hall–Kier alpha value is -5.33. The Balaban J connectivity index is 0.000000251. The monoisotopic (exact) mass is 722 g/mol. The number of halogens is 2. The molecule has 2 aliphatic heterocycles. The molecule has 2 atom stereocenters. The Kier molecular flexibility index (Phi) is 12.7. The summed E-state index contributed by atoms with van der Waals surface area (Å²) >= 11 is 0. The van der Waals surface area contributed by atoms with E-state index in [0.717, 1.165) is 0 Å². The van der Waals surface area contributed by atoms with Gasteiger partial charge in [-0.15, -0.1) is 0 Å². The zero-order valence-electron chi connectivity index (χ0n) is 30.1. The normalized spacial score (nSPS) is 17.6. The molecule has 15 heteroatoms. The fourth-order valence-electron chi connectivity index (χ4n) is 5.07. The van der Waals surface area contributed by atoms with Gasteiger partial charge in [-0.3, -0.25) is 9.78 Å². The fraction of sp³-hybridized carbons (Fsp3) is 0.432. The minimum absolute atomic E-state index is 0.00569. The first-order valence-electron chi connectivity index (χ1n) is 16.6. The van der Waals surface area contributed by atoms with Gasteiger partial charge in [0.15, 0.2) is 0 Å². The Morgan fingerprint density at radius 3 is 1.85 bits per heavy atom. The van der Waals surface area contributed by atoms with Gasteiger partial charge in [-0.1, -0.05) is 12.1 Å². The van der Waals surface area contributed by atoms with Gasteiger partial charge in [0.1, 0.15) is 40.7 Å². The van der Waals surface area contributed by atoms with Crippen LogP contribution in [0.1, 0.15) is 80.9 Å². The Morgan fingerprint density at radius 2 is 1.37 bits per heavy atom. The number of benzene rings is 2. The van der Waals surface area contributed by atoms with Crippen LogP contribution >= 0.6 is 0 Å². The lowest BCUT2D eigenvalue weighted by Crippen LogP contribution is -2.44. The maximum atomic E-state index is 14.7. The summed E-state index contributed by atoms with van der Waals surface area (Å²) in [6, 6.07) is 13.6. The second kappa shape index (κ2) is 16.8. The fourth-order valence-corrected chi connectivity index (χ4v) is 5.07. The van der Waals surface area contributed by atoms with Crippen molar-refractivity contribution in [3.63, 3.8) is 0 Å². The molecule has 0 bridgehead atoms. The van der Waals surface area contributed by atoms with Crippen LogP contribution in [0.2, 0.25) is 0 Å². The smallest absolute Gasteiger partial charge is 0.410 e. The molecule has 2 fully saturated rings. The van der Waals surface area contributed by atoms with E-state index in [1.807, 2.05) is 26.8 Å². The summed E-state index contributed by atoms with van der Waals surface area (Å²) in [5.41, 5.74) is 5.85. The number of nitriles is 1. The van der Waals surface area contributed by atoms with Crippen molar-refractivity contribution >= 4 is 29.5 Å². The summed E-state index contributed by atoms with van der Waals surface area (Å²) in [5.74, 6) is -1.76. The number of nitrogen functional groups attached to an aromatic ring is 1. The van der Waals surface area contributed by atoms with Gasteiger partial charge >= 0.3 is 12.2 Å². The quantitative estimate of drug-likeness (QED) is 0.289. The van der Waals surface area contributed by atoms with E-state index in [-0.39, 0.29) is 41.4 Å². The highest BCUT2D eigenvalue weighted by Crippen LogP contribution is 2.28. The number of pyridine rings is 1. The topological polar surface area (TPSA) is 169 Å². The first kappa shape index (κ1) is 39.5. The van der Waals surface area contributed by atoms with Crippen LogP contribution in [0.25, 0.3) is 0 Å². The molecule has 3 amide bonds. The van der Waals surface area contributed by atoms with Gasteiger partial charge in [-0.2, -0.15) is 5.26 Å². The Morgan fingerprint density at radius 1 is 0.846 bits per heavy atom. The average molecular weight is 723 g/mol. The van der Waals surface area contributed by atoms with Gasteiger partial charge in [-0.05, 0) is 89.1 Å². The van der Waals surface area contributed by atoms with E-state index in [0.29, 0.717) is 44.0 Å². The van der Waals surface area contributed by atoms with Gasteiger partial charge in [0.05, 0.1) is 49.3 Å². The molecule has 3 N–H and O–H groups in total. The molecule has 5 rings (SSSR count). The highest BCUT2D eigenvalue weighted by Gasteiger charge is 2.31. The van der Waals surface area contributed by atoms with Crippen molar-refractivity contribution in [3.05, 3.63) is 88.7 Å². The lowest BCUT2D eigenvalue weighted by Gasteiger charge is -2.34. The van der Waals surface area contributed by atoms with Crippen LogP contribution in [0.15, 0.2) is 54.7 Å². The third kappa shape index (κ3) is 11.3. The zero-order chi connectivity index (χ0) is 38.2. The van der Waals surface area contributed by atoms with E-state index in [1.165, 1.54) is 47.5 Å². The van der Waals surface area contributed by atoms with E-state index < -0.39 is 40.9 Å². The lowest BCUT2D eigenvalue weighted by molar-refractivity contribution is -0.0435. The SMILES string of the molecule is CC(C)(C)OC(=O)N1CCO[C@@H](c2ccc(N)c(F)c2)C1.CC(C)(C)OC(=O)N1CCO[C@@H](c2ccc(NC(=O)c3cc(C#N)ccn3)c(F)c2)C1. The van der Waals surface area contributed by atoms with Crippen molar-refractivity contribution in [2.45, 2.75) is 65.0 Å². The molecule has 2 aliphatic rings. The summed E-state index contributed by atoms with van der Waals surface area (Å²) in [4.78, 5) is 43.7. The minimum atomic E-state index is -0.653. The van der Waals surface area contributed by atoms with Gasteiger partial charge in [0.25, 0.3) is 5.91 Å². The summed E-state index contributed by atoms with van der Waals surface area (Å²) in [6.45, 7) is 12.9. The van der Waals surface area contributed by atoms with Gasteiger partial charge < -0.3 is 39.8 Å². The average Bonchev–Trinajstić information content (AvgIpc) is 3.09. The predicted molar refractivity (Wildman–Crippen MR) is 187 cm³/mol. The number of carbonyl (C=O) groups is 3. The number of nitrogens with two attached hydrogens (primary N) is 1. The highest BCUT2D eigenvalue weighted by atomic mass is 19.1. The molecule has 3 heterocycles. The number of anilines is 2. The molecule has 0 unspecified atom stereocenters. The van der Waals surface area contributed by atoms with Crippen LogP contribution in [0, 0.1) is 23.0 Å². The lowest BCUT2D eigenvalue weighted by atomic mass is 10.1. The first-order chi connectivity index (χ1) is 24.4. The van der Waals surface area contributed by atoms with Crippen molar-refractivity contribution < 1.29 is 42.1 Å². The molecule has 0 aliphatic carbocycles. The Bertz CT molecular complexity index is 1800. The zero-order valence-corrected chi connectivity index (χ0v) is 30.1. The molecule has 13 nitrogen and oxygen atoms in total. The number of aromatic nitrogens is 1. The molecule has 0 radical (unpaired) electrons. The minimum Gasteiger partial charge on any atom is -0.444 e. The predicted octanol–water partition coefficient (Wildman–Crippen LogP) is 6.37. The maximum absolute atomic E-state index is 14.7. The van der Waals surface area contributed by atoms with E-state index in [2.05, 4.69) is 10.3 Å². The van der Waals surface area contributed by atoms with Crippen LogP contribution in [-0.2, 0) is 18.9 Å². The van der Waals surface area contributed by atoms with Gasteiger partial charge in [-0.25, -0.2) is 18.4 Å². The van der Waals surface area contributed by atoms with E-state index >= 15 is 0 Å². The number of nitrogens with zero attached hydrogens (tertiary/aromatic N) is 4. The third-order valence-corrected chi connectivity index (χ3v) is 7.57. The van der Waals surface area contributed by atoms with E-state index in [9.17, 15) is 23.2 Å². The summed E-state index contributed by atoms with van der Waals surface area (Å²) in [6.07, 6.45) is -0.385. The summed E-state index contributed by atoms with van der Waals surface area (Å²) < 4.78 is 50.2. The van der Waals surface area contributed by atoms with E-state index in [4.69, 9.17) is 29.9 Å². The first-order valence-corrected chi connectivity index (χ1v) is 16.6. The van der Waals surface area contributed by atoms with Crippen LogP contribution in [0.4, 0.5) is 29.7 Å². The number of morpholine rings is 2. The second-order valence-corrected chi connectivity index (χ2v) is 14.1. The number of amides is 3. The van der Waals surface area contributed by atoms with E-state index in [1.54, 1.807) is 37.8 Å². The van der Waals surface area contributed by atoms with Crippen molar-refractivity contribution in [2.75, 3.05) is 50.4 Å². The maximum Gasteiger partial charge on any atom is 0.410 e. The molecule has 278 valence electrons. The molecular weight excluding hydrogens is 678 g/mol. The number of carbonyl (C=O) groups excluding carboxylic acids is 3. The van der Waals surface area contributed by atoms with Crippen molar-refractivity contribution in [1.82, 2.24) is 14.8 Å². The molecule has 0 spiro atoms. The highest BCUT2D eigenvalue weighted by molar-refractivity contribution is 6.03. The number of hydrogen-bond donors (Lipinski definition) is 2. The molecule has 3 aromatic rings. The van der Waals surface area contributed by atoms with Gasteiger partial charge in [0, 0.05) is 19.3 Å². The van der Waals surface area contributed by atoms with Crippen LogP contribution in [0.3, 0.4) is 0 Å². The number of ether oxygens (including phenoxy) is 4. The number of rotatable bonds is 4. The van der Waals surface area contributed by atoms with Gasteiger partial charge in [0.2, 0.25) is 0 Å². The summed E-state index contributed by atoms with van der Waals surface area (Å²) in [7, 11) is 0. The van der Waals surface area contributed by atoms with Crippen LogP contribution in [-0.4, -0.2) is 83.5 Å². The number of nitrogens with one attached hydrogen (secondary N) is 1. The third-order valence-electron chi connectivity index (χ3n) is 7.57. The molecule has 1 aromatic heterocycles. The standard InChI is InChI=1S/C22H23FN4O4.C15H21FN2O3/c1-22(2,3)31-21(29)27-8-9-30-19(13-27)15-4-5-17(16(23)11-15)26-20(28)18-10-14(12-24)6-7-25-18;1-15(2,3)21-14(19)18-6-7-20-13(9-18)10-4-5-12(17)11(16)8-10/h4-7,10-11,19H,8-9,13H2,1-3H3,(H,26,28);4-5,8,13H,6-7,9,17H2,1-3H3/t19-;13-/m11/s1. The van der Waals surface area contributed by atoms with Crippen molar-refractivity contribution in [2.24, 2.45) is 0 Å². The number of hydrogen-bond acceptors (Lipinski definition) is 10. The Labute approximate surface area is 301 Å².